The van der Waals surface area contributed by atoms with Gasteiger partial charge in [0.25, 0.3) is 0 Å². The number of hydrogen-bond donors (Lipinski definition) is 1. The van der Waals surface area contributed by atoms with Crippen molar-refractivity contribution in [1.29, 1.82) is 0 Å². The summed E-state index contributed by atoms with van der Waals surface area (Å²) in [6.45, 7) is 5.31. The topological polar surface area (TPSA) is 61.9 Å². The molecule has 7 heteroatoms. The van der Waals surface area contributed by atoms with Crippen molar-refractivity contribution in [2.24, 2.45) is 0 Å². The molecule has 1 N–H and O–H groups in total. The van der Waals surface area contributed by atoms with Crippen molar-refractivity contribution in [3.8, 4) is 0 Å². The van der Waals surface area contributed by atoms with Crippen LogP contribution in [-0.2, 0) is 14.8 Å². The van der Waals surface area contributed by atoms with E-state index in [4.69, 9.17) is 4.74 Å². The van der Waals surface area contributed by atoms with Crippen LogP contribution in [0.2, 0.25) is 0 Å². The molecule has 2 rings (SSSR count). The number of rotatable bonds is 5. The minimum absolute atomic E-state index is 0.0918. The highest BCUT2D eigenvalue weighted by Crippen LogP contribution is 2.14. The highest BCUT2D eigenvalue weighted by atomic mass is 32.2. The van der Waals surface area contributed by atoms with Crippen LogP contribution in [-0.4, -0.2) is 82.4 Å². The van der Waals surface area contributed by atoms with E-state index in [-0.39, 0.29) is 12.4 Å². The standard InChI is InChI=1S/C11H23N3O3S/c1-17-8-9-18(15,16)14-6-4-13(5-7-14)11-2-3-12-10-11/h11-12H,2-10H2,1H3. The van der Waals surface area contributed by atoms with Gasteiger partial charge >= 0.3 is 0 Å². The Bertz CT molecular complexity index is 347. The van der Waals surface area contributed by atoms with Crippen molar-refractivity contribution in [2.45, 2.75) is 12.5 Å². The van der Waals surface area contributed by atoms with Crippen LogP contribution in [0.5, 0.6) is 0 Å². The first kappa shape index (κ1) is 14.2. The molecule has 0 amide bonds. The summed E-state index contributed by atoms with van der Waals surface area (Å²) in [5.74, 6) is 0.0918. The third-order valence-corrected chi connectivity index (χ3v) is 5.60. The third kappa shape index (κ3) is 3.42. The van der Waals surface area contributed by atoms with Crippen molar-refractivity contribution >= 4 is 10.0 Å². The summed E-state index contributed by atoms with van der Waals surface area (Å²) < 4.78 is 30.4. The Labute approximate surface area is 109 Å². The molecule has 0 radical (unpaired) electrons. The lowest BCUT2D eigenvalue weighted by atomic mass is 10.2. The molecule has 0 bridgehead atoms. The third-order valence-electron chi connectivity index (χ3n) is 3.76. The minimum atomic E-state index is -3.13. The molecule has 0 aliphatic carbocycles. The Hall–Kier alpha value is -0.210. The molecule has 6 nitrogen and oxygen atoms in total. The molecule has 2 aliphatic rings. The van der Waals surface area contributed by atoms with Crippen molar-refractivity contribution in [3.05, 3.63) is 0 Å². The molecule has 0 aromatic carbocycles. The summed E-state index contributed by atoms with van der Waals surface area (Å²) in [4.78, 5) is 2.41. The predicted molar refractivity (Wildman–Crippen MR) is 70.1 cm³/mol. The van der Waals surface area contributed by atoms with Gasteiger partial charge in [-0.05, 0) is 13.0 Å². The second-order valence-corrected chi connectivity index (χ2v) is 6.98. The molecule has 0 aromatic rings. The number of sulfonamides is 1. The van der Waals surface area contributed by atoms with Crippen molar-refractivity contribution in [2.75, 3.05) is 58.7 Å². The lowest BCUT2D eigenvalue weighted by Gasteiger charge is -2.37. The average Bonchev–Trinajstić information content (AvgIpc) is 2.90. The van der Waals surface area contributed by atoms with Gasteiger partial charge in [-0.15, -0.1) is 0 Å². The average molecular weight is 277 g/mol. The van der Waals surface area contributed by atoms with Crippen molar-refractivity contribution < 1.29 is 13.2 Å². The summed E-state index contributed by atoms with van der Waals surface area (Å²) in [6.07, 6.45) is 1.18. The lowest BCUT2D eigenvalue weighted by Crippen LogP contribution is -2.53. The first-order valence-electron chi connectivity index (χ1n) is 6.55. The van der Waals surface area contributed by atoms with Gasteiger partial charge in [0.1, 0.15) is 0 Å². The van der Waals surface area contributed by atoms with Gasteiger partial charge < -0.3 is 10.1 Å². The maximum absolute atomic E-state index is 12.0. The quantitative estimate of drug-likeness (QED) is 0.694. The summed E-state index contributed by atoms with van der Waals surface area (Å²) in [7, 11) is -1.60. The maximum atomic E-state index is 12.0. The Morgan fingerprint density at radius 2 is 2.00 bits per heavy atom. The molecule has 2 saturated heterocycles. The van der Waals surface area contributed by atoms with Crippen molar-refractivity contribution in [1.82, 2.24) is 14.5 Å². The van der Waals surface area contributed by atoms with Crippen LogP contribution in [0.15, 0.2) is 0 Å². The van der Waals surface area contributed by atoms with E-state index in [9.17, 15) is 8.42 Å². The number of nitrogens with one attached hydrogen (secondary N) is 1. The van der Waals surface area contributed by atoms with Gasteiger partial charge in [-0.2, -0.15) is 4.31 Å². The monoisotopic (exact) mass is 277 g/mol. The van der Waals surface area contributed by atoms with E-state index in [0.717, 1.165) is 26.2 Å². The number of hydrogen-bond acceptors (Lipinski definition) is 5. The van der Waals surface area contributed by atoms with Gasteiger partial charge in [0.2, 0.25) is 10.0 Å². The molecule has 2 fully saturated rings. The van der Waals surface area contributed by atoms with Crippen LogP contribution in [0.1, 0.15) is 6.42 Å². The van der Waals surface area contributed by atoms with E-state index in [1.165, 1.54) is 13.5 Å². The maximum Gasteiger partial charge on any atom is 0.216 e. The fourth-order valence-electron chi connectivity index (χ4n) is 2.62. The Kier molecular flexibility index (Phi) is 4.97. The fraction of sp³-hybridized carbons (Fsp3) is 1.00. The second-order valence-electron chi connectivity index (χ2n) is 4.89. The summed E-state index contributed by atoms with van der Waals surface area (Å²) in [5, 5.41) is 3.35. The number of piperazine rings is 1. The van der Waals surface area contributed by atoms with E-state index in [1.54, 1.807) is 4.31 Å². The molecule has 106 valence electrons. The van der Waals surface area contributed by atoms with E-state index >= 15 is 0 Å². The fourth-order valence-corrected chi connectivity index (χ4v) is 3.97. The molecular formula is C11H23N3O3S. The van der Waals surface area contributed by atoms with Crippen LogP contribution < -0.4 is 5.32 Å². The van der Waals surface area contributed by atoms with E-state index < -0.39 is 10.0 Å². The van der Waals surface area contributed by atoms with Gasteiger partial charge in [-0.25, -0.2) is 8.42 Å². The summed E-state index contributed by atoms with van der Waals surface area (Å²) >= 11 is 0. The largest absolute Gasteiger partial charge is 0.384 e. The number of ether oxygens (including phenoxy) is 1. The molecule has 18 heavy (non-hydrogen) atoms. The zero-order valence-corrected chi connectivity index (χ0v) is 11.8. The molecule has 0 aromatic heterocycles. The highest BCUT2D eigenvalue weighted by molar-refractivity contribution is 7.89. The van der Waals surface area contributed by atoms with Crippen LogP contribution in [0.4, 0.5) is 0 Å². The molecule has 0 spiro atoms. The predicted octanol–water partition coefficient (Wildman–Crippen LogP) is -1.06. The molecule has 2 heterocycles. The van der Waals surface area contributed by atoms with Gasteiger partial charge in [0.15, 0.2) is 0 Å². The molecule has 2 aliphatic heterocycles. The lowest BCUT2D eigenvalue weighted by molar-refractivity contribution is 0.144. The number of methoxy groups -OCH3 is 1. The summed E-state index contributed by atoms with van der Waals surface area (Å²) in [6, 6.07) is 0.592. The zero-order chi connectivity index (χ0) is 13.0. The normalized spacial score (nSPS) is 27.7. The summed E-state index contributed by atoms with van der Waals surface area (Å²) in [5.41, 5.74) is 0. The molecule has 1 unspecified atom stereocenters. The van der Waals surface area contributed by atoms with E-state index in [0.29, 0.717) is 19.1 Å². The smallest absolute Gasteiger partial charge is 0.216 e. The first-order chi connectivity index (χ1) is 8.63. The Balaban J connectivity index is 1.82. The molecular weight excluding hydrogens is 254 g/mol. The second kappa shape index (κ2) is 6.29. The minimum Gasteiger partial charge on any atom is -0.384 e. The van der Waals surface area contributed by atoms with Gasteiger partial charge in [0, 0.05) is 45.9 Å². The van der Waals surface area contributed by atoms with E-state index in [1.807, 2.05) is 0 Å². The van der Waals surface area contributed by atoms with Gasteiger partial charge in [-0.3, -0.25) is 4.90 Å². The number of nitrogens with zero attached hydrogens (tertiary/aromatic N) is 2. The van der Waals surface area contributed by atoms with Gasteiger partial charge in [0.05, 0.1) is 12.4 Å². The Morgan fingerprint density at radius 1 is 1.28 bits per heavy atom. The highest BCUT2D eigenvalue weighted by Gasteiger charge is 2.30. The van der Waals surface area contributed by atoms with E-state index in [2.05, 4.69) is 10.2 Å². The Morgan fingerprint density at radius 3 is 2.56 bits per heavy atom. The van der Waals surface area contributed by atoms with Crippen molar-refractivity contribution in [3.63, 3.8) is 0 Å². The first-order valence-corrected chi connectivity index (χ1v) is 8.16. The molecule has 0 saturated carbocycles. The van der Waals surface area contributed by atoms with Crippen LogP contribution >= 0.6 is 0 Å². The SMILES string of the molecule is COCCS(=O)(=O)N1CCN(C2CCNC2)CC1. The molecule has 1 atom stereocenters. The zero-order valence-electron chi connectivity index (χ0n) is 11.0. The van der Waals surface area contributed by atoms with Crippen LogP contribution in [0, 0.1) is 0 Å². The van der Waals surface area contributed by atoms with Crippen LogP contribution in [0.25, 0.3) is 0 Å². The van der Waals surface area contributed by atoms with Crippen LogP contribution in [0.3, 0.4) is 0 Å². The van der Waals surface area contributed by atoms with Gasteiger partial charge in [-0.1, -0.05) is 0 Å².